The lowest BCUT2D eigenvalue weighted by Crippen LogP contribution is -2.47. The van der Waals surface area contributed by atoms with Crippen LogP contribution in [0.15, 0.2) is 54.6 Å². The van der Waals surface area contributed by atoms with Crippen LogP contribution in [0, 0.1) is 22.0 Å². The Labute approximate surface area is 193 Å². The first-order chi connectivity index (χ1) is 15.0. The van der Waals surface area contributed by atoms with Crippen LogP contribution in [0.5, 0.6) is 5.75 Å². The molecule has 1 aliphatic rings. The van der Waals surface area contributed by atoms with Crippen molar-refractivity contribution in [3.05, 3.63) is 70.3 Å². The van der Waals surface area contributed by atoms with Crippen molar-refractivity contribution in [1.29, 1.82) is 0 Å². The Balaban J connectivity index is 1.66. The van der Waals surface area contributed by atoms with E-state index in [0.717, 1.165) is 31.4 Å². The third kappa shape index (κ3) is 6.42. The molecule has 0 unspecified atom stereocenters. The fourth-order valence-corrected chi connectivity index (χ4v) is 5.61. The highest BCUT2D eigenvalue weighted by atomic mass is 28.4. The Bertz CT molecular complexity index is 877. The molecular formula is C26H37NO4Si. The van der Waals surface area contributed by atoms with Gasteiger partial charge in [0.05, 0.1) is 11.0 Å². The van der Waals surface area contributed by atoms with Crippen molar-refractivity contribution in [3.63, 3.8) is 0 Å². The molecule has 0 aliphatic heterocycles. The summed E-state index contributed by atoms with van der Waals surface area (Å²) in [6, 6.07) is 17.0. The van der Waals surface area contributed by atoms with E-state index in [9.17, 15) is 10.1 Å². The van der Waals surface area contributed by atoms with Crippen molar-refractivity contribution in [1.82, 2.24) is 0 Å². The number of non-ortho nitro benzene ring substituents is 1. The SMILES string of the molecule is CC(C)(C)[Si](C)(C)O[C@H](COc1ccccc1)[C@H]1CC[C@@H](Cc2ccc([N+](=O)[O-])cc2)C1. The number of hydrogen-bond donors (Lipinski definition) is 0. The number of hydrogen-bond acceptors (Lipinski definition) is 4. The predicted octanol–water partition coefficient (Wildman–Crippen LogP) is 7.02. The van der Waals surface area contributed by atoms with Crippen LogP contribution in [-0.4, -0.2) is 26.0 Å². The molecule has 0 heterocycles. The van der Waals surface area contributed by atoms with Crippen molar-refractivity contribution in [2.45, 2.75) is 70.7 Å². The van der Waals surface area contributed by atoms with Crippen LogP contribution in [0.3, 0.4) is 0 Å². The number of benzene rings is 2. The van der Waals surface area contributed by atoms with Crippen molar-refractivity contribution in [2.24, 2.45) is 11.8 Å². The minimum Gasteiger partial charge on any atom is -0.491 e. The summed E-state index contributed by atoms with van der Waals surface area (Å²) in [5.41, 5.74) is 1.32. The van der Waals surface area contributed by atoms with Crippen LogP contribution in [0.4, 0.5) is 5.69 Å². The molecule has 3 atom stereocenters. The Kier molecular flexibility index (Phi) is 7.78. The first-order valence-corrected chi connectivity index (χ1v) is 14.5. The van der Waals surface area contributed by atoms with Crippen LogP contribution >= 0.6 is 0 Å². The van der Waals surface area contributed by atoms with Gasteiger partial charge < -0.3 is 9.16 Å². The highest BCUT2D eigenvalue weighted by Gasteiger charge is 2.42. The van der Waals surface area contributed by atoms with Gasteiger partial charge in [-0.05, 0) is 73.3 Å². The van der Waals surface area contributed by atoms with Crippen LogP contribution in [0.25, 0.3) is 0 Å². The van der Waals surface area contributed by atoms with Crippen molar-refractivity contribution in [3.8, 4) is 5.75 Å². The number of nitro benzene ring substituents is 1. The molecule has 0 aromatic heterocycles. The Morgan fingerprint density at radius 3 is 2.31 bits per heavy atom. The van der Waals surface area contributed by atoms with Gasteiger partial charge in [0.1, 0.15) is 12.4 Å². The van der Waals surface area contributed by atoms with Gasteiger partial charge in [-0.3, -0.25) is 10.1 Å². The topological polar surface area (TPSA) is 61.6 Å². The van der Waals surface area contributed by atoms with Gasteiger partial charge in [0, 0.05) is 12.1 Å². The molecule has 1 fully saturated rings. The summed E-state index contributed by atoms with van der Waals surface area (Å²) in [5.74, 6) is 1.93. The molecule has 6 heteroatoms. The normalized spacial score (nSPS) is 20.2. The van der Waals surface area contributed by atoms with Crippen molar-refractivity contribution < 1.29 is 14.1 Å². The van der Waals surface area contributed by atoms with Crippen molar-refractivity contribution >= 4 is 14.0 Å². The van der Waals surface area contributed by atoms with Gasteiger partial charge in [-0.1, -0.05) is 51.1 Å². The fourth-order valence-electron chi connectivity index (χ4n) is 4.24. The zero-order valence-electron chi connectivity index (χ0n) is 20.0. The Hall–Kier alpha value is -2.18. The van der Waals surface area contributed by atoms with Gasteiger partial charge >= 0.3 is 0 Å². The maximum absolute atomic E-state index is 10.9. The van der Waals surface area contributed by atoms with Gasteiger partial charge in [-0.2, -0.15) is 0 Å². The Morgan fingerprint density at radius 1 is 1.06 bits per heavy atom. The van der Waals surface area contributed by atoms with Crippen LogP contribution in [0.2, 0.25) is 18.1 Å². The summed E-state index contributed by atoms with van der Waals surface area (Å²) in [5, 5.41) is 11.1. The standard InChI is InChI=1S/C26H37NO4Si/c1-26(2,3)32(4,5)31-25(19-30-24-9-7-6-8-10-24)22-14-11-21(18-22)17-20-12-15-23(16-13-20)27(28)29/h6-10,12-13,15-16,21-22,25H,11,14,17-19H2,1-5H3/t21-,22-,25+/m0/s1. The second-order valence-electron chi connectivity index (χ2n) is 10.6. The first-order valence-electron chi connectivity index (χ1n) is 11.6. The molecule has 0 amide bonds. The van der Waals surface area contributed by atoms with Crippen LogP contribution in [-0.2, 0) is 10.8 Å². The maximum Gasteiger partial charge on any atom is 0.269 e. The van der Waals surface area contributed by atoms with E-state index in [1.165, 1.54) is 5.56 Å². The molecule has 174 valence electrons. The second-order valence-corrected chi connectivity index (χ2v) is 15.4. The highest BCUT2D eigenvalue weighted by Crippen LogP contribution is 2.42. The number of nitro groups is 1. The van der Waals surface area contributed by atoms with Gasteiger partial charge in [-0.25, -0.2) is 0 Å². The third-order valence-electron chi connectivity index (χ3n) is 7.19. The van der Waals surface area contributed by atoms with E-state index in [0.29, 0.717) is 18.4 Å². The Morgan fingerprint density at radius 2 is 1.72 bits per heavy atom. The van der Waals surface area contributed by atoms with Gasteiger partial charge in [0.2, 0.25) is 0 Å². The lowest BCUT2D eigenvalue weighted by atomic mass is 9.95. The molecule has 1 aliphatic carbocycles. The number of rotatable bonds is 9. The summed E-state index contributed by atoms with van der Waals surface area (Å²) in [6.07, 6.45) is 4.44. The molecule has 1 saturated carbocycles. The molecule has 0 bridgehead atoms. The van der Waals surface area contributed by atoms with Crippen LogP contribution < -0.4 is 4.74 Å². The zero-order chi connectivity index (χ0) is 23.4. The molecule has 2 aromatic carbocycles. The van der Waals surface area contributed by atoms with Gasteiger partial charge in [-0.15, -0.1) is 0 Å². The average Bonchev–Trinajstić information content (AvgIpc) is 3.19. The summed E-state index contributed by atoms with van der Waals surface area (Å²) in [6.45, 7) is 12.0. The van der Waals surface area contributed by atoms with E-state index in [1.807, 2.05) is 42.5 Å². The predicted molar refractivity (Wildman–Crippen MR) is 132 cm³/mol. The largest absolute Gasteiger partial charge is 0.491 e. The summed E-state index contributed by atoms with van der Waals surface area (Å²) in [7, 11) is -1.93. The zero-order valence-corrected chi connectivity index (χ0v) is 21.0. The van der Waals surface area contributed by atoms with E-state index in [2.05, 4.69) is 33.9 Å². The van der Waals surface area contributed by atoms with E-state index >= 15 is 0 Å². The average molecular weight is 456 g/mol. The molecule has 0 radical (unpaired) electrons. The smallest absolute Gasteiger partial charge is 0.269 e. The van der Waals surface area contributed by atoms with Crippen LogP contribution in [0.1, 0.15) is 45.6 Å². The summed E-state index contributed by atoms with van der Waals surface area (Å²) >= 11 is 0. The number of ether oxygens (including phenoxy) is 1. The van der Waals surface area contributed by atoms with E-state index in [1.54, 1.807) is 12.1 Å². The van der Waals surface area contributed by atoms with Crippen molar-refractivity contribution in [2.75, 3.05) is 6.61 Å². The van der Waals surface area contributed by atoms with E-state index < -0.39 is 8.32 Å². The highest BCUT2D eigenvalue weighted by molar-refractivity contribution is 6.74. The molecule has 0 saturated heterocycles. The molecule has 0 spiro atoms. The number of nitrogens with zero attached hydrogens (tertiary/aromatic N) is 1. The molecule has 5 nitrogen and oxygen atoms in total. The second kappa shape index (κ2) is 10.2. The molecule has 0 N–H and O–H groups in total. The lowest BCUT2D eigenvalue weighted by molar-refractivity contribution is -0.384. The quantitative estimate of drug-likeness (QED) is 0.231. The molecule has 32 heavy (non-hydrogen) atoms. The summed E-state index contributed by atoms with van der Waals surface area (Å²) in [4.78, 5) is 10.6. The van der Waals surface area contributed by atoms with E-state index in [-0.39, 0.29) is 21.8 Å². The number of para-hydroxylation sites is 1. The molecule has 2 aromatic rings. The van der Waals surface area contributed by atoms with Gasteiger partial charge in [0.15, 0.2) is 8.32 Å². The monoisotopic (exact) mass is 455 g/mol. The maximum atomic E-state index is 10.9. The van der Waals surface area contributed by atoms with E-state index in [4.69, 9.17) is 9.16 Å². The minimum absolute atomic E-state index is 0.0814. The first kappa shape index (κ1) is 24.5. The third-order valence-corrected chi connectivity index (χ3v) is 11.7. The molecule has 3 rings (SSSR count). The summed E-state index contributed by atoms with van der Waals surface area (Å²) < 4.78 is 13.0. The molecular weight excluding hydrogens is 418 g/mol. The van der Waals surface area contributed by atoms with Gasteiger partial charge in [0.25, 0.3) is 5.69 Å². The lowest BCUT2D eigenvalue weighted by Gasteiger charge is -2.41. The fraction of sp³-hybridized carbons (Fsp3) is 0.538. The minimum atomic E-state index is -1.93.